The van der Waals surface area contributed by atoms with Gasteiger partial charge in [0.15, 0.2) is 0 Å². The number of carbonyl (C=O) groups is 1. The van der Waals surface area contributed by atoms with E-state index in [9.17, 15) is 9.90 Å². The van der Waals surface area contributed by atoms with Gasteiger partial charge in [0.1, 0.15) is 0 Å². The Morgan fingerprint density at radius 3 is 3.05 bits per heavy atom. The number of nitrogens with zero attached hydrogens (tertiary/aromatic N) is 1. The number of piperidine rings is 1. The highest BCUT2D eigenvalue weighted by Gasteiger charge is 2.22. The number of nitrogens with one attached hydrogen (secondary N) is 1. The van der Waals surface area contributed by atoms with Crippen LogP contribution in [0, 0.1) is 5.92 Å². The summed E-state index contributed by atoms with van der Waals surface area (Å²) in [5.41, 5.74) is 0.888. The maximum atomic E-state index is 12.1. The molecule has 1 aliphatic rings. The third kappa shape index (κ3) is 4.11. The number of carbonyl (C=O) groups excluding carboxylic acids is 1. The summed E-state index contributed by atoms with van der Waals surface area (Å²) in [6.07, 6.45) is 1.93. The van der Waals surface area contributed by atoms with Crippen LogP contribution in [0.2, 0.25) is 5.02 Å². The molecule has 2 amide bonds. The Morgan fingerprint density at radius 2 is 2.35 bits per heavy atom. The molecule has 1 aromatic carbocycles. The molecule has 4 nitrogen and oxygen atoms in total. The van der Waals surface area contributed by atoms with Crippen LogP contribution in [-0.4, -0.2) is 35.7 Å². The Hall–Kier alpha value is -0.780. The van der Waals surface area contributed by atoms with E-state index in [0.29, 0.717) is 18.1 Å². The average molecular weight is 362 g/mol. The van der Waals surface area contributed by atoms with Gasteiger partial charge < -0.3 is 15.3 Å². The van der Waals surface area contributed by atoms with Gasteiger partial charge in [0.25, 0.3) is 0 Å². The second-order valence-electron chi connectivity index (χ2n) is 5.03. The second kappa shape index (κ2) is 7.29. The third-order valence-corrected chi connectivity index (χ3v) is 4.35. The number of aliphatic hydroxyl groups is 1. The lowest BCUT2D eigenvalue weighted by molar-refractivity contribution is 0.129. The minimum Gasteiger partial charge on any atom is -0.396 e. The fraction of sp³-hybridized carbons (Fsp3) is 0.500. The van der Waals surface area contributed by atoms with Crippen LogP contribution >= 0.6 is 27.5 Å². The van der Waals surface area contributed by atoms with Gasteiger partial charge >= 0.3 is 6.03 Å². The molecule has 6 heteroatoms. The number of hydrogen-bond donors (Lipinski definition) is 2. The molecule has 20 heavy (non-hydrogen) atoms. The molecule has 0 saturated carbocycles. The van der Waals surface area contributed by atoms with Gasteiger partial charge in [-0.05, 0) is 36.5 Å². The molecule has 0 aromatic heterocycles. The molecule has 1 heterocycles. The number of likely N-dealkylation sites (tertiary alicyclic amines) is 1. The van der Waals surface area contributed by atoms with Crippen molar-refractivity contribution < 1.29 is 9.90 Å². The van der Waals surface area contributed by atoms with E-state index < -0.39 is 0 Å². The molecule has 2 rings (SSSR count). The lowest BCUT2D eigenvalue weighted by atomic mass is 9.99. The van der Waals surface area contributed by atoms with Crippen molar-refractivity contribution in [2.45, 2.75) is 19.4 Å². The highest BCUT2D eigenvalue weighted by molar-refractivity contribution is 9.10. The smallest absolute Gasteiger partial charge is 0.317 e. The topological polar surface area (TPSA) is 52.6 Å². The van der Waals surface area contributed by atoms with Crippen molar-refractivity contribution in [3.63, 3.8) is 0 Å². The van der Waals surface area contributed by atoms with Crippen molar-refractivity contribution in [1.82, 2.24) is 10.2 Å². The number of benzene rings is 1. The van der Waals surface area contributed by atoms with E-state index in [-0.39, 0.29) is 18.6 Å². The number of urea groups is 1. The number of rotatable bonds is 3. The average Bonchev–Trinajstić information content (AvgIpc) is 2.46. The molecule has 0 spiro atoms. The predicted octanol–water partition coefficient (Wildman–Crippen LogP) is 3.02. The van der Waals surface area contributed by atoms with Gasteiger partial charge in [-0.1, -0.05) is 33.6 Å². The van der Waals surface area contributed by atoms with Crippen LogP contribution in [-0.2, 0) is 6.54 Å². The summed E-state index contributed by atoms with van der Waals surface area (Å²) < 4.78 is 0.916. The van der Waals surface area contributed by atoms with E-state index in [1.54, 1.807) is 4.90 Å². The molecule has 1 atom stereocenters. The first-order valence-corrected chi connectivity index (χ1v) is 7.85. The Kier molecular flexibility index (Phi) is 5.69. The van der Waals surface area contributed by atoms with E-state index in [0.717, 1.165) is 29.4 Å². The van der Waals surface area contributed by atoms with Crippen LogP contribution in [0.25, 0.3) is 0 Å². The molecular formula is C14H18BrClN2O2. The number of amides is 2. The van der Waals surface area contributed by atoms with Crippen LogP contribution < -0.4 is 5.32 Å². The zero-order valence-corrected chi connectivity index (χ0v) is 13.5. The molecule has 0 bridgehead atoms. The molecule has 2 N–H and O–H groups in total. The molecule has 1 unspecified atom stereocenters. The first-order chi connectivity index (χ1) is 9.60. The molecule has 1 saturated heterocycles. The van der Waals surface area contributed by atoms with Crippen molar-refractivity contribution in [3.8, 4) is 0 Å². The van der Waals surface area contributed by atoms with Crippen molar-refractivity contribution in [1.29, 1.82) is 0 Å². The lowest BCUT2D eigenvalue weighted by Gasteiger charge is -2.31. The standard InChI is InChI=1S/C14H18BrClN2O2/c15-12-4-3-11(13(16)6-12)7-17-14(20)18-5-1-2-10(8-18)9-19/h3-4,6,10,19H,1-2,5,7-9H2,(H,17,20). The Labute approximate surface area is 132 Å². The van der Waals surface area contributed by atoms with Gasteiger partial charge in [-0.25, -0.2) is 4.79 Å². The third-order valence-electron chi connectivity index (χ3n) is 3.51. The summed E-state index contributed by atoms with van der Waals surface area (Å²) in [4.78, 5) is 13.9. The molecule has 0 radical (unpaired) electrons. The van der Waals surface area contributed by atoms with Crippen molar-refractivity contribution in [2.24, 2.45) is 5.92 Å². The number of halogens is 2. The van der Waals surface area contributed by atoms with Gasteiger partial charge in [0.2, 0.25) is 0 Å². The van der Waals surface area contributed by atoms with E-state index in [1.807, 2.05) is 18.2 Å². The van der Waals surface area contributed by atoms with Gasteiger partial charge in [0, 0.05) is 35.7 Å². The summed E-state index contributed by atoms with van der Waals surface area (Å²) in [6.45, 7) is 1.92. The SMILES string of the molecule is O=C(NCc1ccc(Br)cc1Cl)N1CCCC(CO)C1. The van der Waals surface area contributed by atoms with Gasteiger partial charge in [-0.2, -0.15) is 0 Å². The number of hydrogen-bond acceptors (Lipinski definition) is 2. The zero-order valence-electron chi connectivity index (χ0n) is 11.1. The van der Waals surface area contributed by atoms with Crippen molar-refractivity contribution in [3.05, 3.63) is 33.3 Å². The van der Waals surface area contributed by atoms with Crippen molar-refractivity contribution >= 4 is 33.6 Å². The summed E-state index contributed by atoms with van der Waals surface area (Å²) in [6, 6.07) is 5.50. The van der Waals surface area contributed by atoms with Crippen LogP contribution in [0.3, 0.4) is 0 Å². The largest absolute Gasteiger partial charge is 0.396 e. The van der Waals surface area contributed by atoms with Crippen LogP contribution in [0.15, 0.2) is 22.7 Å². The van der Waals surface area contributed by atoms with Gasteiger partial charge in [-0.15, -0.1) is 0 Å². The maximum Gasteiger partial charge on any atom is 0.317 e. The molecule has 1 aliphatic heterocycles. The van der Waals surface area contributed by atoms with Gasteiger partial charge in [0.05, 0.1) is 0 Å². The minimum absolute atomic E-state index is 0.0952. The van der Waals surface area contributed by atoms with E-state index >= 15 is 0 Å². The van der Waals surface area contributed by atoms with Crippen LogP contribution in [0.1, 0.15) is 18.4 Å². The van der Waals surface area contributed by atoms with Crippen molar-refractivity contribution in [2.75, 3.05) is 19.7 Å². The van der Waals surface area contributed by atoms with Gasteiger partial charge in [-0.3, -0.25) is 0 Å². The summed E-state index contributed by atoms with van der Waals surface area (Å²) in [7, 11) is 0. The zero-order chi connectivity index (χ0) is 14.5. The Balaban J connectivity index is 1.88. The Morgan fingerprint density at radius 1 is 1.55 bits per heavy atom. The normalized spacial score (nSPS) is 18.9. The van der Waals surface area contributed by atoms with Crippen LogP contribution in [0.4, 0.5) is 4.79 Å². The lowest BCUT2D eigenvalue weighted by Crippen LogP contribution is -2.45. The molecule has 110 valence electrons. The molecular weight excluding hydrogens is 344 g/mol. The molecule has 1 fully saturated rings. The summed E-state index contributed by atoms with van der Waals surface area (Å²) in [5, 5.41) is 12.7. The Bertz CT molecular complexity index is 484. The monoisotopic (exact) mass is 360 g/mol. The number of aliphatic hydroxyl groups excluding tert-OH is 1. The fourth-order valence-corrected chi connectivity index (χ4v) is 3.09. The van der Waals surface area contributed by atoms with E-state index in [2.05, 4.69) is 21.2 Å². The first kappa shape index (κ1) is 15.6. The maximum absolute atomic E-state index is 12.1. The highest BCUT2D eigenvalue weighted by atomic mass is 79.9. The second-order valence-corrected chi connectivity index (χ2v) is 6.35. The first-order valence-electron chi connectivity index (χ1n) is 6.67. The van der Waals surface area contributed by atoms with Crippen LogP contribution in [0.5, 0.6) is 0 Å². The minimum atomic E-state index is -0.0952. The predicted molar refractivity (Wildman–Crippen MR) is 82.8 cm³/mol. The molecule has 1 aromatic rings. The van der Waals surface area contributed by atoms with E-state index in [1.165, 1.54) is 0 Å². The van der Waals surface area contributed by atoms with E-state index in [4.69, 9.17) is 11.6 Å². The quantitative estimate of drug-likeness (QED) is 0.869. The highest BCUT2D eigenvalue weighted by Crippen LogP contribution is 2.21. The summed E-state index contributed by atoms with van der Waals surface area (Å²) in [5.74, 6) is 0.200. The fourth-order valence-electron chi connectivity index (χ4n) is 2.35. The summed E-state index contributed by atoms with van der Waals surface area (Å²) >= 11 is 9.47. The molecule has 0 aliphatic carbocycles.